The zero-order valence-corrected chi connectivity index (χ0v) is 13.9. The summed E-state index contributed by atoms with van der Waals surface area (Å²) in [6.07, 6.45) is 13.2. The van der Waals surface area contributed by atoms with Crippen LogP contribution in [0.15, 0.2) is 10.2 Å². The summed E-state index contributed by atoms with van der Waals surface area (Å²) in [7, 11) is 1.28. The van der Waals surface area contributed by atoms with Gasteiger partial charge in [0.15, 0.2) is 0 Å². The number of rotatable bonds is 2. The fourth-order valence-electron chi connectivity index (χ4n) is 0.449. The van der Waals surface area contributed by atoms with Crippen molar-refractivity contribution in [3.63, 3.8) is 0 Å². The summed E-state index contributed by atoms with van der Waals surface area (Å²) in [4.78, 5) is 0. The maximum Gasteiger partial charge on any atom is 0.117 e. The number of tetrazole rings is 2. The van der Waals surface area contributed by atoms with E-state index in [2.05, 4.69) is 89.0 Å². The minimum atomic E-state index is 0.0415. The van der Waals surface area contributed by atoms with E-state index >= 15 is 0 Å². The van der Waals surface area contributed by atoms with Crippen molar-refractivity contribution in [3.8, 4) is 0 Å². The maximum atomic E-state index is 3.48. The Labute approximate surface area is 123 Å². The molecule has 20 heavy (non-hydrogen) atoms. The molecule has 0 N–H and O–H groups in total. The minimum absolute atomic E-state index is 0.0415. The second kappa shape index (κ2) is 11.3. The van der Waals surface area contributed by atoms with Gasteiger partial charge < -0.3 is 0 Å². The summed E-state index contributed by atoms with van der Waals surface area (Å²) < 4.78 is 0. The van der Waals surface area contributed by atoms with E-state index in [1.54, 1.807) is 0 Å². The molecule has 0 saturated heterocycles. The molecule has 0 spiro atoms. The van der Waals surface area contributed by atoms with Crippen LogP contribution in [0.25, 0.3) is 0 Å². The van der Waals surface area contributed by atoms with Crippen LogP contribution in [0.2, 0.25) is 0 Å². The van der Waals surface area contributed by atoms with Gasteiger partial charge in [-0.3, -0.25) is 20.4 Å². The smallest absolute Gasteiger partial charge is 0.117 e. The molecule has 0 unspecified atom stereocenters. The molecule has 10 nitrogen and oxygen atoms in total. The van der Waals surface area contributed by atoms with Gasteiger partial charge in [-0.1, -0.05) is 0 Å². The molecule has 112 valence electrons. The summed E-state index contributed by atoms with van der Waals surface area (Å²) in [6.45, 7) is 0. The lowest BCUT2D eigenvalue weighted by molar-refractivity contribution is 0.871. The van der Waals surface area contributed by atoms with Gasteiger partial charge >= 0.3 is 0 Å². The van der Waals surface area contributed by atoms with Crippen LogP contribution >= 0.6 is 0 Å². The fourth-order valence-corrected chi connectivity index (χ4v) is 0.449. The molecular weight excluding hydrogens is 300 g/mol. The zero-order chi connectivity index (χ0) is 15.4. The highest BCUT2D eigenvalue weighted by atomic mass is 32.2. The summed E-state index contributed by atoms with van der Waals surface area (Å²) in [5.74, 6) is 0.0830. The van der Waals surface area contributed by atoms with E-state index < -0.39 is 0 Å². The van der Waals surface area contributed by atoms with E-state index in [1.165, 1.54) is 0 Å². The fraction of sp³-hybridized carbons (Fsp3) is 0.750. The topological polar surface area (TPSA) is 130 Å². The second-order valence-electron chi connectivity index (χ2n) is 4.01. The first-order chi connectivity index (χ1) is 9.41. The molecule has 0 saturated carbocycles. The van der Waals surface area contributed by atoms with Gasteiger partial charge in [-0.05, 0) is 21.8 Å². The molecule has 0 atom stereocenters. The van der Waals surface area contributed by atoms with E-state index in [4.69, 9.17) is 0 Å². The Kier molecular flexibility index (Phi) is 10.4. The summed E-state index contributed by atoms with van der Waals surface area (Å²) >= 11 is 0. The number of hydrogen-bond donors (Lipinski definition) is 0. The van der Waals surface area contributed by atoms with Crippen LogP contribution in [0.4, 0.5) is 11.9 Å². The van der Waals surface area contributed by atoms with E-state index in [0.717, 1.165) is 0 Å². The van der Waals surface area contributed by atoms with Gasteiger partial charge in [-0.25, -0.2) is 10.2 Å². The molecule has 0 amide bonds. The van der Waals surface area contributed by atoms with Crippen LogP contribution in [0.1, 0.15) is 0 Å². The third-order valence-corrected chi connectivity index (χ3v) is 0.846. The lowest BCUT2D eigenvalue weighted by atomic mass is 11.1. The van der Waals surface area contributed by atoms with Crippen molar-refractivity contribution >= 4 is 33.7 Å². The van der Waals surface area contributed by atoms with E-state index in [-0.39, 0.29) is 11.9 Å². The monoisotopic (exact) mass is 318 g/mol. The molecule has 0 bridgehead atoms. The van der Waals surface area contributed by atoms with Crippen molar-refractivity contribution in [1.82, 2.24) is 41.2 Å². The van der Waals surface area contributed by atoms with Gasteiger partial charge in [0, 0.05) is 0 Å². The molecule has 0 aromatic carbocycles. The standard InChI is InChI=1S/2C3H9S.C2N10/c2*1-4(2)3;3(1-5-9-10-6-1)4-2-7-11-12-8-2/h2*1-3H3;/q2*+1;-2/b;;4-3+. The molecule has 2 rings (SSSR count). The molecule has 0 aliphatic heterocycles. The van der Waals surface area contributed by atoms with Crippen molar-refractivity contribution in [3.05, 3.63) is 0 Å². The van der Waals surface area contributed by atoms with Crippen LogP contribution in [0.3, 0.4) is 0 Å². The number of hydrogen-bond acceptors (Lipinski definition) is 8. The highest BCUT2D eigenvalue weighted by molar-refractivity contribution is 7.95. The Morgan fingerprint density at radius 2 is 1.00 bits per heavy atom. The second-order valence-corrected chi connectivity index (χ2v) is 8.91. The van der Waals surface area contributed by atoms with Crippen molar-refractivity contribution in [1.29, 1.82) is 0 Å². The molecule has 0 fully saturated rings. The zero-order valence-electron chi connectivity index (χ0n) is 12.3. The highest BCUT2D eigenvalue weighted by Gasteiger charge is 1.79. The largest absolute Gasteiger partial charge is 0.283 e. The predicted molar refractivity (Wildman–Crippen MR) is 80.7 cm³/mol. The first-order valence-electron chi connectivity index (χ1n) is 5.19. The Hall–Kier alpha value is -1.56. The van der Waals surface area contributed by atoms with Gasteiger partial charge in [-0.15, -0.1) is 10.4 Å². The predicted octanol–water partition coefficient (Wildman–Crippen LogP) is -0.625. The molecule has 2 aromatic heterocycles. The van der Waals surface area contributed by atoms with E-state index in [0.29, 0.717) is 21.8 Å². The van der Waals surface area contributed by atoms with Crippen LogP contribution in [-0.4, -0.2) is 68.6 Å². The Balaban J connectivity index is 0.000000380. The van der Waals surface area contributed by atoms with E-state index in [9.17, 15) is 0 Å². The van der Waals surface area contributed by atoms with Gasteiger partial charge in [-0.2, -0.15) is 10.4 Å². The summed E-state index contributed by atoms with van der Waals surface area (Å²) in [5.41, 5.74) is 0. The molecule has 2 heterocycles. The average Bonchev–Trinajstić information content (AvgIpc) is 2.99. The van der Waals surface area contributed by atoms with Gasteiger partial charge in [0.05, 0.1) is 37.5 Å². The normalized spacial score (nSPS) is 10.2. The molecule has 0 radical (unpaired) electrons. The Morgan fingerprint density at radius 3 is 1.20 bits per heavy atom. The Morgan fingerprint density at radius 1 is 0.700 bits per heavy atom. The minimum Gasteiger partial charge on any atom is -0.283 e. The van der Waals surface area contributed by atoms with Gasteiger partial charge in [0.2, 0.25) is 0 Å². The average molecular weight is 318 g/mol. The summed E-state index contributed by atoms with van der Waals surface area (Å²) in [6, 6.07) is 0. The third-order valence-electron chi connectivity index (χ3n) is 0.846. The quantitative estimate of drug-likeness (QED) is 0.528. The number of aromatic nitrogens is 8. The third kappa shape index (κ3) is 12.9. The number of nitrogens with zero attached hydrogens (tertiary/aromatic N) is 10. The van der Waals surface area contributed by atoms with Gasteiger partial charge in [0.25, 0.3) is 0 Å². The van der Waals surface area contributed by atoms with Gasteiger partial charge in [0.1, 0.15) is 11.9 Å². The maximum absolute atomic E-state index is 3.48. The van der Waals surface area contributed by atoms with Crippen molar-refractivity contribution in [2.75, 3.05) is 37.5 Å². The first-order valence-corrected chi connectivity index (χ1v) is 10.1. The summed E-state index contributed by atoms with van der Waals surface area (Å²) in [5, 5.41) is 33.3. The van der Waals surface area contributed by atoms with E-state index in [1.807, 2.05) is 0 Å². The first kappa shape index (κ1) is 18.4. The van der Waals surface area contributed by atoms with Crippen LogP contribution < -0.4 is 10.2 Å². The lowest BCUT2D eigenvalue weighted by Gasteiger charge is -1.91. The van der Waals surface area contributed by atoms with Crippen molar-refractivity contribution < 1.29 is 0 Å². The highest BCUT2D eigenvalue weighted by Crippen LogP contribution is 2.03. The Bertz CT molecular complexity index is 390. The van der Waals surface area contributed by atoms with Crippen LogP contribution in [0.5, 0.6) is 0 Å². The molecule has 0 aliphatic carbocycles. The molecule has 0 aliphatic rings. The lowest BCUT2D eigenvalue weighted by Crippen LogP contribution is -1.84. The van der Waals surface area contributed by atoms with Crippen LogP contribution in [0, 0.1) is 0 Å². The SMILES string of the molecule is C[S+](C)C.C[S+](C)C.N(=N\c1nnn[n-]1)/c1nnn[n-]1. The van der Waals surface area contributed by atoms with Crippen LogP contribution in [-0.2, 0) is 21.8 Å². The molecule has 12 heteroatoms. The number of azo groups is 1. The van der Waals surface area contributed by atoms with Crippen molar-refractivity contribution in [2.45, 2.75) is 0 Å². The molecule has 2 aromatic rings. The van der Waals surface area contributed by atoms with Crippen molar-refractivity contribution in [2.24, 2.45) is 10.2 Å². The molecular formula is C8H18N10S2.